The van der Waals surface area contributed by atoms with Gasteiger partial charge in [0.15, 0.2) is 11.6 Å². The highest BCUT2D eigenvalue weighted by Gasteiger charge is 2.46. The van der Waals surface area contributed by atoms with E-state index in [1.807, 2.05) is 0 Å². The van der Waals surface area contributed by atoms with Crippen molar-refractivity contribution >= 4 is 11.9 Å². The van der Waals surface area contributed by atoms with Crippen molar-refractivity contribution in [3.63, 3.8) is 0 Å². The second kappa shape index (κ2) is 5.79. The number of halogens is 2. The molecule has 4 nitrogen and oxygen atoms in total. The number of carboxylic acid groups (broad SMARTS) is 1. The Bertz CT molecular complexity index is 574. The summed E-state index contributed by atoms with van der Waals surface area (Å²) in [6, 6.07) is 2.90. The molecular formula is C15H17F2NO3. The van der Waals surface area contributed by atoms with Gasteiger partial charge in [-0.3, -0.25) is 4.79 Å². The number of carbonyl (C=O) groups excluding carboxylic acids is 1. The molecule has 0 aromatic heterocycles. The lowest BCUT2D eigenvalue weighted by Crippen LogP contribution is -2.45. The smallest absolute Gasteiger partial charge is 0.326 e. The molecule has 0 aliphatic heterocycles. The number of carboxylic acids is 1. The summed E-state index contributed by atoms with van der Waals surface area (Å²) in [6.45, 7) is 3.38. The van der Waals surface area contributed by atoms with Crippen LogP contribution < -0.4 is 5.32 Å². The van der Waals surface area contributed by atoms with Crippen molar-refractivity contribution in [2.45, 2.75) is 32.2 Å². The molecule has 1 aliphatic carbocycles. The largest absolute Gasteiger partial charge is 0.480 e. The van der Waals surface area contributed by atoms with Crippen LogP contribution in [0.25, 0.3) is 0 Å². The van der Waals surface area contributed by atoms with Gasteiger partial charge in [-0.1, -0.05) is 26.0 Å². The molecule has 1 aliphatic rings. The monoisotopic (exact) mass is 297 g/mol. The third-order valence-corrected chi connectivity index (χ3v) is 3.74. The minimum absolute atomic E-state index is 0.173. The molecule has 0 heterocycles. The maximum atomic E-state index is 13.6. The molecular weight excluding hydrogens is 280 g/mol. The Balaban J connectivity index is 2.04. The van der Waals surface area contributed by atoms with E-state index >= 15 is 0 Å². The summed E-state index contributed by atoms with van der Waals surface area (Å²) >= 11 is 0. The van der Waals surface area contributed by atoms with Crippen LogP contribution in [0.5, 0.6) is 0 Å². The van der Waals surface area contributed by atoms with Gasteiger partial charge in [-0.15, -0.1) is 0 Å². The molecule has 1 amide bonds. The Morgan fingerprint density at radius 3 is 2.57 bits per heavy atom. The molecule has 3 unspecified atom stereocenters. The topological polar surface area (TPSA) is 66.4 Å². The molecule has 2 N–H and O–H groups in total. The first kappa shape index (κ1) is 15.4. The van der Waals surface area contributed by atoms with Crippen LogP contribution in [0, 0.1) is 23.5 Å². The number of carbonyl (C=O) groups is 2. The third-order valence-electron chi connectivity index (χ3n) is 3.74. The molecule has 0 spiro atoms. The van der Waals surface area contributed by atoms with E-state index < -0.39 is 35.5 Å². The predicted octanol–water partition coefficient (Wildman–Crippen LogP) is 2.29. The van der Waals surface area contributed by atoms with Crippen molar-refractivity contribution < 1.29 is 23.5 Å². The van der Waals surface area contributed by atoms with E-state index in [4.69, 9.17) is 5.11 Å². The fourth-order valence-corrected chi connectivity index (χ4v) is 2.41. The Morgan fingerprint density at radius 1 is 1.33 bits per heavy atom. The normalized spacial score (nSPS) is 22.0. The highest BCUT2D eigenvalue weighted by molar-refractivity contribution is 5.87. The quantitative estimate of drug-likeness (QED) is 0.876. The van der Waals surface area contributed by atoms with Gasteiger partial charge in [0.05, 0.1) is 0 Å². The van der Waals surface area contributed by atoms with Gasteiger partial charge in [0.2, 0.25) is 5.91 Å². The van der Waals surface area contributed by atoms with Gasteiger partial charge in [-0.05, 0) is 29.9 Å². The molecule has 114 valence electrons. The molecule has 3 atom stereocenters. The summed E-state index contributed by atoms with van der Waals surface area (Å²) in [5.74, 6) is -4.54. The summed E-state index contributed by atoms with van der Waals surface area (Å²) in [4.78, 5) is 23.1. The highest BCUT2D eigenvalue weighted by Crippen LogP contribution is 2.48. The first-order valence-corrected chi connectivity index (χ1v) is 6.80. The van der Waals surface area contributed by atoms with E-state index in [2.05, 4.69) is 5.32 Å². The zero-order chi connectivity index (χ0) is 15.7. The van der Waals surface area contributed by atoms with E-state index in [9.17, 15) is 18.4 Å². The molecule has 1 saturated carbocycles. The maximum absolute atomic E-state index is 13.6. The summed E-state index contributed by atoms with van der Waals surface area (Å²) in [5.41, 5.74) is 0.173. The first-order chi connectivity index (χ1) is 9.82. The molecule has 0 bridgehead atoms. The second-order valence-corrected chi connectivity index (χ2v) is 5.66. The lowest BCUT2D eigenvalue weighted by Gasteiger charge is -2.17. The summed E-state index contributed by atoms with van der Waals surface area (Å²) in [6.07, 6.45) is 0.399. The van der Waals surface area contributed by atoms with E-state index in [0.717, 1.165) is 6.07 Å². The summed E-state index contributed by atoms with van der Waals surface area (Å²) in [5, 5.41) is 11.5. The Labute approximate surface area is 121 Å². The summed E-state index contributed by atoms with van der Waals surface area (Å²) in [7, 11) is 0. The molecule has 0 saturated heterocycles. The number of nitrogens with one attached hydrogen (secondary N) is 1. The molecule has 6 heteroatoms. The average Bonchev–Trinajstić information content (AvgIpc) is 3.18. The number of aliphatic carboxylic acids is 1. The molecule has 21 heavy (non-hydrogen) atoms. The highest BCUT2D eigenvalue weighted by atomic mass is 19.2. The fraction of sp³-hybridized carbons (Fsp3) is 0.467. The van der Waals surface area contributed by atoms with E-state index in [0.29, 0.717) is 6.42 Å². The van der Waals surface area contributed by atoms with Crippen molar-refractivity contribution in [3.8, 4) is 0 Å². The average molecular weight is 297 g/mol. The minimum atomic E-state index is -1.10. The number of benzene rings is 1. The predicted molar refractivity (Wildman–Crippen MR) is 71.6 cm³/mol. The van der Waals surface area contributed by atoms with Crippen molar-refractivity contribution in [1.29, 1.82) is 0 Å². The SMILES string of the molecule is CC(C)C(NC(=O)C1CC1c1cccc(F)c1F)C(=O)O. The second-order valence-electron chi connectivity index (χ2n) is 5.66. The van der Waals surface area contributed by atoms with Crippen molar-refractivity contribution in [3.05, 3.63) is 35.4 Å². The third kappa shape index (κ3) is 3.20. The Hall–Kier alpha value is -1.98. The minimum Gasteiger partial charge on any atom is -0.480 e. The first-order valence-electron chi connectivity index (χ1n) is 6.80. The standard InChI is InChI=1S/C15H17F2NO3/c1-7(2)13(15(20)21)18-14(19)10-6-9(10)8-4-3-5-11(16)12(8)17/h3-5,7,9-10,13H,6H2,1-2H3,(H,18,19)(H,20,21). The molecule has 1 aromatic rings. The Morgan fingerprint density at radius 2 is 2.00 bits per heavy atom. The maximum Gasteiger partial charge on any atom is 0.326 e. The lowest BCUT2D eigenvalue weighted by molar-refractivity contribution is -0.143. The Kier molecular flexibility index (Phi) is 4.25. The van der Waals surface area contributed by atoms with Crippen LogP contribution in [-0.4, -0.2) is 23.0 Å². The van der Waals surface area contributed by atoms with Crippen molar-refractivity contribution in [2.75, 3.05) is 0 Å². The van der Waals surface area contributed by atoms with Gasteiger partial charge >= 0.3 is 5.97 Å². The van der Waals surface area contributed by atoms with Gasteiger partial charge in [-0.25, -0.2) is 13.6 Å². The lowest BCUT2D eigenvalue weighted by atomic mass is 10.0. The van der Waals surface area contributed by atoms with Crippen LogP contribution in [0.3, 0.4) is 0 Å². The van der Waals surface area contributed by atoms with Gasteiger partial charge in [0, 0.05) is 5.92 Å². The number of hydrogen-bond donors (Lipinski definition) is 2. The van der Waals surface area contributed by atoms with Crippen LogP contribution in [0.1, 0.15) is 31.7 Å². The number of amides is 1. The van der Waals surface area contributed by atoms with Crippen molar-refractivity contribution in [2.24, 2.45) is 11.8 Å². The van der Waals surface area contributed by atoms with Crippen LogP contribution in [-0.2, 0) is 9.59 Å². The fourth-order valence-electron chi connectivity index (χ4n) is 2.41. The molecule has 2 rings (SSSR count). The van der Waals surface area contributed by atoms with E-state index in [1.54, 1.807) is 13.8 Å². The summed E-state index contributed by atoms with van der Waals surface area (Å²) < 4.78 is 26.8. The van der Waals surface area contributed by atoms with E-state index in [-0.39, 0.29) is 17.4 Å². The van der Waals surface area contributed by atoms with E-state index in [1.165, 1.54) is 12.1 Å². The molecule has 1 fully saturated rings. The van der Waals surface area contributed by atoms with Crippen molar-refractivity contribution in [1.82, 2.24) is 5.32 Å². The van der Waals surface area contributed by atoms with Gasteiger partial charge in [0.1, 0.15) is 6.04 Å². The van der Waals surface area contributed by atoms with Gasteiger partial charge in [0.25, 0.3) is 0 Å². The van der Waals surface area contributed by atoms with Crippen LogP contribution in [0.2, 0.25) is 0 Å². The van der Waals surface area contributed by atoms with Crippen LogP contribution >= 0.6 is 0 Å². The van der Waals surface area contributed by atoms with Crippen LogP contribution in [0.15, 0.2) is 18.2 Å². The molecule has 1 aromatic carbocycles. The molecule has 0 radical (unpaired) electrons. The number of rotatable bonds is 5. The van der Waals surface area contributed by atoms with Crippen LogP contribution in [0.4, 0.5) is 8.78 Å². The number of hydrogen-bond acceptors (Lipinski definition) is 2. The zero-order valence-electron chi connectivity index (χ0n) is 11.8. The van der Waals surface area contributed by atoms with Gasteiger partial charge < -0.3 is 10.4 Å². The zero-order valence-corrected chi connectivity index (χ0v) is 11.8. The van der Waals surface area contributed by atoms with Gasteiger partial charge in [-0.2, -0.15) is 0 Å².